The Balaban J connectivity index is 2.89. The Morgan fingerprint density at radius 3 is 2.40 bits per heavy atom. The predicted molar refractivity (Wildman–Crippen MR) is 83.3 cm³/mol. The molecule has 0 bridgehead atoms. The highest BCUT2D eigenvalue weighted by Crippen LogP contribution is 2.14. The van der Waals surface area contributed by atoms with E-state index in [1.54, 1.807) is 12.1 Å². The lowest BCUT2D eigenvalue weighted by Gasteiger charge is -2.26. The van der Waals surface area contributed by atoms with Gasteiger partial charge in [-0.25, -0.2) is 4.72 Å². The highest BCUT2D eigenvalue weighted by Gasteiger charge is 2.24. The van der Waals surface area contributed by atoms with Crippen LogP contribution in [-0.4, -0.2) is 25.3 Å². The van der Waals surface area contributed by atoms with Crippen molar-refractivity contribution in [1.82, 2.24) is 9.03 Å². The van der Waals surface area contributed by atoms with Gasteiger partial charge in [-0.1, -0.05) is 26.0 Å². The monoisotopic (exact) mass is 299 g/mol. The maximum atomic E-state index is 12.3. The zero-order valence-electron chi connectivity index (χ0n) is 12.6. The van der Waals surface area contributed by atoms with E-state index in [4.69, 9.17) is 5.73 Å². The van der Waals surface area contributed by atoms with Crippen LogP contribution in [0.1, 0.15) is 33.3 Å². The molecule has 6 heteroatoms. The lowest BCUT2D eigenvalue weighted by molar-refractivity contribution is 0.340. The molecule has 0 saturated heterocycles. The summed E-state index contributed by atoms with van der Waals surface area (Å²) in [6, 6.07) is 7.17. The molecule has 0 aromatic heterocycles. The van der Waals surface area contributed by atoms with Crippen molar-refractivity contribution in [2.45, 2.75) is 40.3 Å². The second kappa shape index (κ2) is 7.06. The van der Waals surface area contributed by atoms with E-state index in [1.165, 1.54) is 4.31 Å². The van der Waals surface area contributed by atoms with Crippen molar-refractivity contribution in [3.8, 4) is 0 Å². The van der Waals surface area contributed by atoms with Gasteiger partial charge in [0.25, 0.3) is 10.2 Å². The second-order valence-electron chi connectivity index (χ2n) is 5.63. The molecule has 0 aliphatic heterocycles. The summed E-state index contributed by atoms with van der Waals surface area (Å²) in [5.41, 5.74) is 7.25. The molecule has 1 aromatic carbocycles. The molecule has 0 aliphatic carbocycles. The Hall–Kier alpha value is -1.11. The van der Waals surface area contributed by atoms with Gasteiger partial charge in [-0.2, -0.15) is 12.7 Å². The largest absolute Gasteiger partial charge is 0.399 e. The van der Waals surface area contributed by atoms with E-state index in [0.29, 0.717) is 18.8 Å². The number of hydrogen-bond donors (Lipinski definition) is 2. The van der Waals surface area contributed by atoms with Gasteiger partial charge in [0.1, 0.15) is 0 Å². The molecule has 0 unspecified atom stereocenters. The van der Waals surface area contributed by atoms with Crippen molar-refractivity contribution >= 4 is 15.9 Å². The molecule has 1 rings (SSSR count). The third kappa shape index (κ3) is 5.11. The van der Waals surface area contributed by atoms with E-state index in [9.17, 15) is 8.42 Å². The number of nitrogens with zero attached hydrogens (tertiary/aromatic N) is 1. The molecule has 114 valence electrons. The number of nitrogens with two attached hydrogens (primary N) is 1. The summed E-state index contributed by atoms with van der Waals surface area (Å²) in [5, 5.41) is 0. The number of rotatable bonds is 7. The van der Waals surface area contributed by atoms with Crippen LogP contribution in [0, 0.1) is 5.92 Å². The van der Waals surface area contributed by atoms with E-state index in [0.717, 1.165) is 5.56 Å². The molecule has 3 N–H and O–H groups in total. The van der Waals surface area contributed by atoms with Crippen LogP contribution < -0.4 is 10.5 Å². The maximum Gasteiger partial charge on any atom is 0.279 e. The molecule has 0 fully saturated rings. The first-order valence-corrected chi connectivity index (χ1v) is 8.27. The van der Waals surface area contributed by atoms with Crippen LogP contribution >= 0.6 is 0 Å². The minimum absolute atomic E-state index is 0.124. The van der Waals surface area contributed by atoms with Gasteiger partial charge in [-0.15, -0.1) is 0 Å². The molecular formula is C14H25N3O2S. The first-order valence-electron chi connectivity index (χ1n) is 6.83. The molecular weight excluding hydrogens is 274 g/mol. The van der Waals surface area contributed by atoms with E-state index in [1.807, 2.05) is 39.8 Å². The Bertz CT molecular complexity index is 527. The van der Waals surface area contributed by atoms with Crippen molar-refractivity contribution in [2.24, 2.45) is 5.92 Å². The van der Waals surface area contributed by atoms with Gasteiger partial charge in [-0.05, 0) is 37.5 Å². The number of nitrogens with one attached hydrogen (secondary N) is 1. The molecule has 1 aromatic rings. The minimum Gasteiger partial charge on any atom is -0.399 e. The Morgan fingerprint density at radius 2 is 1.90 bits per heavy atom. The number of anilines is 1. The highest BCUT2D eigenvalue weighted by molar-refractivity contribution is 7.87. The van der Waals surface area contributed by atoms with Gasteiger partial charge in [-0.3, -0.25) is 0 Å². The zero-order valence-corrected chi connectivity index (χ0v) is 13.4. The summed E-state index contributed by atoms with van der Waals surface area (Å²) in [7, 11) is -3.49. The van der Waals surface area contributed by atoms with Crippen molar-refractivity contribution in [3.63, 3.8) is 0 Å². The summed E-state index contributed by atoms with van der Waals surface area (Å²) in [6.45, 7) is 8.42. The van der Waals surface area contributed by atoms with Crippen molar-refractivity contribution in [2.75, 3.05) is 12.3 Å². The Labute approximate surface area is 122 Å². The molecule has 0 spiro atoms. The Morgan fingerprint density at radius 1 is 1.25 bits per heavy atom. The Kier molecular flexibility index (Phi) is 5.98. The van der Waals surface area contributed by atoms with E-state index < -0.39 is 10.2 Å². The summed E-state index contributed by atoms with van der Waals surface area (Å²) in [6.07, 6.45) is 0. The smallest absolute Gasteiger partial charge is 0.279 e. The summed E-state index contributed by atoms with van der Waals surface area (Å²) < 4.78 is 28.8. The van der Waals surface area contributed by atoms with E-state index >= 15 is 0 Å². The number of benzene rings is 1. The van der Waals surface area contributed by atoms with Crippen molar-refractivity contribution in [3.05, 3.63) is 29.8 Å². The van der Waals surface area contributed by atoms with Gasteiger partial charge in [0.2, 0.25) is 0 Å². The minimum atomic E-state index is -3.49. The molecule has 0 saturated carbocycles. The van der Waals surface area contributed by atoms with Crippen LogP contribution in [-0.2, 0) is 16.8 Å². The average Bonchev–Trinajstić information content (AvgIpc) is 2.33. The van der Waals surface area contributed by atoms with Crippen LogP contribution in [0.3, 0.4) is 0 Å². The topological polar surface area (TPSA) is 75.4 Å². The number of hydrogen-bond acceptors (Lipinski definition) is 3. The third-order valence-electron chi connectivity index (χ3n) is 2.85. The fraction of sp³-hybridized carbons (Fsp3) is 0.571. The SMILES string of the molecule is CC(C)CNS(=O)(=O)N(Cc1cccc(N)c1)C(C)C. The van der Waals surface area contributed by atoms with Gasteiger partial charge in [0.05, 0.1) is 0 Å². The first-order chi connectivity index (χ1) is 9.22. The lowest BCUT2D eigenvalue weighted by atomic mass is 10.2. The van der Waals surface area contributed by atoms with Crippen molar-refractivity contribution < 1.29 is 8.42 Å². The number of nitrogen functional groups attached to an aromatic ring is 1. The lowest BCUT2D eigenvalue weighted by Crippen LogP contribution is -2.45. The molecule has 0 aliphatic rings. The summed E-state index contributed by atoms with van der Waals surface area (Å²) in [5.74, 6) is 0.270. The van der Waals surface area contributed by atoms with Crippen LogP contribution in [0.5, 0.6) is 0 Å². The molecule has 0 atom stereocenters. The fourth-order valence-corrected chi connectivity index (χ4v) is 3.36. The standard InChI is InChI=1S/C14H25N3O2S/c1-11(2)9-16-20(18,19)17(12(3)4)10-13-6-5-7-14(15)8-13/h5-8,11-12,16H,9-10,15H2,1-4H3. The summed E-state index contributed by atoms with van der Waals surface area (Å²) in [4.78, 5) is 0. The molecule has 5 nitrogen and oxygen atoms in total. The van der Waals surface area contributed by atoms with Gasteiger partial charge < -0.3 is 5.73 Å². The van der Waals surface area contributed by atoms with E-state index in [2.05, 4.69) is 4.72 Å². The van der Waals surface area contributed by atoms with Gasteiger partial charge >= 0.3 is 0 Å². The van der Waals surface area contributed by atoms with E-state index in [-0.39, 0.29) is 12.0 Å². The first kappa shape index (κ1) is 16.9. The average molecular weight is 299 g/mol. The predicted octanol–water partition coefficient (Wildman–Crippen LogP) is 1.97. The quantitative estimate of drug-likeness (QED) is 0.756. The van der Waals surface area contributed by atoms with Crippen LogP contribution in [0.15, 0.2) is 24.3 Å². The van der Waals surface area contributed by atoms with Crippen LogP contribution in [0.2, 0.25) is 0 Å². The maximum absolute atomic E-state index is 12.3. The van der Waals surface area contributed by atoms with Crippen LogP contribution in [0.25, 0.3) is 0 Å². The third-order valence-corrected chi connectivity index (χ3v) is 4.55. The molecule has 0 heterocycles. The zero-order chi connectivity index (χ0) is 15.3. The second-order valence-corrected chi connectivity index (χ2v) is 7.34. The molecule has 0 amide bonds. The highest BCUT2D eigenvalue weighted by atomic mass is 32.2. The molecule has 0 radical (unpaired) electrons. The molecule has 20 heavy (non-hydrogen) atoms. The van der Waals surface area contributed by atoms with Gasteiger partial charge in [0, 0.05) is 24.8 Å². The normalized spacial score (nSPS) is 12.6. The fourth-order valence-electron chi connectivity index (χ4n) is 1.77. The van der Waals surface area contributed by atoms with Crippen molar-refractivity contribution in [1.29, 1.82) is 0 Å². The van der Waals surface area contributed by atoms with Gasteiger partial charge in [0.15, 0.2) is 0 Å². The van der Waals surface area contributed by atoms with Crippen LogP contribution in [0.4, 0.5) is 5.69 Å². The summed E-state index contributed by atoms with van der Waals surface area (Å²) >= 11 is 0.